The standard InChI is InChI=1S/C19H26N4O5S/c1-13-6-8-19(9-7-13)17(25)23(18(26)22-19)12-16(24)21-11-14-4-3-5-15(10-14)29(27,28)20-2/h3-5,10,13,20H,6-9,11-12H2,1-2H3,(H,21,24)(H,22,26). The van der Waals surface area contributed by atoms with Crippen molar-refractivity contribution < 1.29 is 22.8 Å². The van der Waals surface area contributed by atoms with Gasteiger partial charge in [0.1, 0.15) is 12.1 Å². The highest BCUT2D eigenvalue weighted by Crippen LogP contribution is 2.36. The summed E-state index contributed by atoms with van der Waals surface area (Å²) in [6, 6.07) is 5.63. The van der Waals surface area contributed by atoms with Gasteiger partial charge in [-0.1, -0.05) is 19.1 Å². The number of carbonyl (C=O) groups is 3. The third kappa shape index (κ3) is 4.43. The van der Waals surface area contributed by atoms with Crippen LogP contribution in [0.5, 0.6) is 0 Å². The summed E-state index contributed by atoms with van der Waals surface area (Å²) in [5, 5.41) is 5.42. The Kier molecular flexibility index (Phi) is 5.95. The third-order valence-corrected chi connectivity index (χ3v) is 7.05. The first-order valence-corrected chi connectivity index (χ1v) is 11.1. The number of imide groups is 1. The van der Waals surface area contributed by atoms with Crippen molar-refractivity contribution in [3.63, 3.8) is 0 Å². The van der Waals surface area contributed by atoms with Gasteiger partial charge in [-0.2, -0.15) is 0 Å². The van der Waals surface area contributed by atoms with Gasteiger partial charge in [0.15, 0.2) is 0 Å². The molecule has 1 aromatic rings. The first-order chi connectivity index (χ1) is 13.7. The normalized spacial score (nSPS) is 24.6. The molecule has 3 N–H and O–H groups in total. The van der Waals surface area contributed by atoms with E-state index in [1.165, 1.54) is 19.2 Å². The average Bonchev–Trinajstić information content (AvgIpc) is 2.93. The van der Waals surface area contributed by atoms with Crippen molar-refractivity contribution in [2.75, 3.05) is 13.6 Å². The summed E-state index contributed by atoms with van der Waals surface area (Å²) in [4.78, 5) is 38.4. The maximum atomic E-state index is 12.8. The fourth-order valence-corrected chi connectivity index (χ4v) is 4.55. The van der Waals surface area contributed by atoms with Crippen molar-refractivity contribution in [3.05, 3.63) is 29.8 Å². The number of nitrogens with zero attached hydrogens (tertiary/aromatic N) is 1. The van der Waals surface area contributed by atoms with Gasteiger partial charge < -0.3 is 10.6 Å². The Balaban J connectivity index is 1.59. The Bertz CT molecular complexity index is 922. The molecule has 2 fully saturated rings. The van der Waals surface area contributed by atoms with Crippen LogP contribution in [0.4, 0.5) is 4.79 Å². The van der Waals surface area contributed by atoms with Crippen LogP contribution >= 0.6 is 0 Å². The van der Waals surface area contributed by atoms with Crippen LogP contribution in [0.15, 0.2) is 29.2 Å². The van der Waals surface area contributed by atoms with Crippen molar-refractivity contribution in [3.8, 4) is 0 Å². The van der Waals surface area contributed by atoms with Crippen LogP contribution < -0.4 is 15.4 Å². The molecule has 1 aliphatic carbocycles. The highest BCUT2D eigenvalue weighted by molar-refractivity contribution is 7.89. The Hall–Kier alpha value is -2.46. The summed E-state index contributed by atoms with van der Waals surface area (Å²) in [6.07, 6.45) is 2.89. The van der Waals surface area contributed by atoms with E-state index in [-0.39, 0.29) is 23.9 Å². The van der Waals surface area contributed by atoms with E-state index >= 15 is 0 Å². The molecule has 9 nitrogen and oxygen atoms in total. The van der Waals surface area contributed by atoms with Gasteiger partial charge in [0, 0.05) is 6.54 Å². The number of amides is 4. The summed E-state index contributed by atoms with van der Waals surface area (Å²) < 4.78 is 26.0. The van der Waals surface area contributed by atoms with E-state index in [2.05, 4.69) is 22.3 Å². The predicted molar refractivity (Wildman–Crippen MR) is 105 cm³/mol. The second-order valence-electron chi connectivity index (χ2n) is 7.72. The highest BCUT2D eigenvalue weighted by Gasteiger charge is 2.52. The first-order valence-electron chi connectivity index (χ1n) is 9.60. The molecule has 1 saturated carbocycles. The molecular formula is C19H26N4O5S. The van der Waals surface area contributed by atoms with Crippen molar-refractivity contribution in [1.82, 2.24) is 20.3 Å². The molecule has 0 radical (unpaired) electrons. The topological polar surface area (TPSA) is 125 Å². The molecule has 0 atom stereocenters. The minimum absolute atomic E-state index is 0.0816. The lowest BCUT2D eigenvalue weighted by Gasteiger charge is -2.33. The fraction of sp³-hybridized carbons (Fsp3) is 0.526. The Morgan fingerprint density at radius 3 is 2.62 bits per heavy atom. The summed E-state index contributed by atoms with van der Waals surface area (Å²) in [5.74, 6) is -0.312. The summed E-state index contributed by atoms with van der Waals surface area (Å²) in [5.41, 5.74) is -0.288. The second kappa shape index (κ2) is 8.11. The summed E-state index contributed by atoms with van der Waals surface area (Å²) in [6.45, 7) is 1.84. The summed E-state index contributed by atoms with van der Waals surface area (Å²) in [7, 11) is -2.26. The van der Waals surface area contributed by atoms with E-state index < -0.39 is 27.5 Å². The van der Waals surface area contributed by atoms with Crippen LogP contribution in [-0.2, 0) is 26.2 Å². The van der Waals surface area contributed by atoms with E-state index in [9.17, 15) is 22.8 Å². The molecular weight excluding hydrogens is 396 g/mol. The van der Waals surface area contributed by atoms with Crippen molar-refractivity contribution in [1.29, 1.82) is 0 Å². The zero-order chi connectivity index (χ0) is 21.2. The average molecular weight is 423 g/mol. The molecule has 4 amide bonds. The van der Waals surface area contributed by atoms with E-state index in [1.54, 1.807) is 12.1 Å². The molecule has 1 aromatic carbocycles. The molecule has 29 heavy (non-hydrogen) atoms. The maximum absolute atomic E-state index is 12.8. The molecule has 0 bridgehead atoms. The number of carbonyl (C=O) groups excluding carboxylic acids is 3. The molecule has 2 aliphatic rings. The Morgan fingerprint density at radius 2 is 1.97 bits per heavy atom. The summed E-state index contributed by atoms with van der Waals surface area (Å²) >= 11 is 0. The Morgan fingerprint density at radius 1 is 1.28 bits per heavy atom. The maximum Gasteiger partial charge on any atom is 0.325 e. The zero-order valence-corrected chi connectivity index (χ0v) is 17.3. The van der Waals surface area contributed by atoms with Crippen LogP contribution in [-0.4, -0.2) is 50.3 Å². The fourth-order valence-electron chi connectivity index (χ4n) is 3.75. The SMILES string of the molecule is CNS(=O)(=O)c1cccc(CNC(=O)CN2C(=O)NC3(CCC(C)CC3)C2=O)c1. The number of rotatable bonds is 6. The smallest absolute Gasteiger partial charge is 0.325 e. The van der Waals surface area contributed by atoms with Gasteiger partial charge >= 0.3 is 6.03 Å². The molecule has 0 aromatic heterocycles. The van der Waals surface area contributed by atoms with E-state index in [0.717, 1.165) is 17.7 Å². The molecule has 1 saturated heterocycles. The number of hydrogen-bond acceptors (Lipinski definition) is 5. The quantitative estimate of drug-likeness (QED) is 0.583. The lowest BCUT2D eigenvalue weighted by atomic mass is 9.77. The van der Waals surface area contributed by atoms with Gasteiger partial charge in [-0.3, -0.25) is 14.5 Å². The number of sulfonamides is 1. The lowest BCUT2D eigenvalue weighted by molar-refractivity contribution is -0.136. The first kappa shape index (κ1) is 21.3. The monoisotopic (exact) mass is 422 g/mol. The van der Waals surface area contributed by atoms with Gasteiger partial charge in [0.05, 0.1) is 4.90 Å². The van der Waals surface area contributed by atoms with Crippen molar-refractivity contribution >= 4 is 27.9 Å². The van der Waals surface area contributed by atoms with Crippen LogP contribution in [0.25, 0.3) is 0 Å². The van der Waals surface area contributed by atoms with Crippen LogP contribution in [0.1, 0.15) is 38.2 Å². The molecule has 1 aliphatic heterocycles. The third-order valence-electron chi connectivity index (χ3n) is 5.64. The van der Waals surface area contributed by atoms with Gasteiger partial charge in [0.25, 0.3) is 5.91 Å². The van der Waals surface area contributed by atoms with Crippen LogP contribution in [0, 0.1) is 5.92 Å². The van der Waals surface area contributed by atoms with Gasteiger partial charge in [-0.25, -0.2) is 17.9 Å². The highest BCUT2D eigenvalue weighted by atomic mass is 32.2. The van der Waals surface area contributed by atoms with Crippen molar-refractivity contribution in [2.24, 2.45) is 5.92 Å². The number of benzene rings is 1. The second-order valence-corrected chi connectivity index (χ2v) is 9.60. The van der Waals surface area contributed by atoms with Gasteiger partial charge in [-0.05, 0) is 56.3 Å². The van der Waals surface area contributed by atoms with Crippen molar-refractivity contribution in [2.45, 2.75) is 49.6 Å². The van der Waals surface area contributed by atoms with Crippen LogP contribution in [0.2, 0.25) is 0 Å². The minimum atomic E-state index is -3.58. The van der Waals surface area contributed by atoms with Gasteiger partial charge in [0.2, 0.25) is 15.9 Å². The number of hydrogen-bond donors (Lipinski definition) is 3. The zero-order valence-electron chi connectivity index (χ0n) is 16.5. The lowest BCUT2D eigenvalue weighted by Crippen LogP contribution is -2.49. The van der Waals surface area contributed by atoms with Crippen LogP contribution in [0.3, 0.4) is 0 Å². The molecule has 10 heteroatoms. The molecule has 158 valence electrons. The predicted octanol–water partition coefficient (Wildman–Crippen LogP) is 0.712. The van der Waals surface area contributed by atoms with E-state index in [4.69, 9.17) is 0 Å². The molecule has 3 rings (SSSR count). The molecule has 1 heterocycles. The van der Waals surface area contributed by atoms with Gasteiger partial charge in [-0.15, -0.1) is 0 Å². The molecule has 1 spiro atoms. The number of urea groups is 1. The Labute approximate surface area is 170 Å². The van der Waals surface area contributed by atoms with E-state index in [1.807, 2.05) is 0 Å². The van der Waals surface area contributed by atoms with E-state index in [0.29, 0.717) is 24.3 Å². The minimum Gasteiger partial charge on any atom is -0.350 e. The number of nitrogens with one attached hydrogen (secondary N) is 3. The molecule has 0 unspecified atom stereocenters. The largest absolute Gasteiger partial charge is 0.350 e.